The Morgan fingerprint density at radius 2 is 1.47 bits per heavy atom. The van der Waals surface area contributed by atoms with E-state index in [-0.39, 0.29) is 0 Å². The fourth-order valence-corrected chi connectivity index (χ4v) is 1.10. The van der Waals surface area contributed by atoms with Crippen LogP contribution in [0.4, 0.5) is 9.59 Å². The predicted octanol–water partition coefficient (Wildman–Crippen LogP) is 1.33. The van der Waals surface area contributed by atoms with Crippen molar-refractivity contribution < 1.29 is 19.1 Å². The quantitative estimate of drug-likeness (QED) is 0.679. The van der Waals surface area contributed by atoms with E-state index in [9.17, 15) is 9.59 Å². The van der Waals surface area contributed by atoms with Gasteiger partial charge in [0, 0.05) is 5.41 Å². The van der Waals surface area contributed by atoms with Crippen LogP contribution in [0.2, 0.25) is 0 Å². The van der Waals surface area contributed by atoms with E-state index in [4.69, 9.17) is 20.9 Å². The lowest BCUT2D eigenvalue weighted by Gasteiger charge is -2.33. The van der Waals surface area contributed by atoms with Crippen molar-refractivity contribution in [2.24, 2.45) is 16.9 Å². The third-order valence-electron chi connectivity index (χ3n) is 2.63. The average molecular weight is 218 g/mol. The zero-order valence-corrected chi connectivity index (χ0v) is 9.28. The zero-order valence-electron chi connectivity index (χ0n) is 9.28. The first-order valence-electron chi connectivity index (χ1n) is 4.78. The van der Waals surface area contributed by atoms with Crippen LogP contribution in [0.3, 0.4) is 0 Å². The van der Waals surface area contributed by atoms with Crippen LogP contribution in [-0.4, -0.2) is 18.5 Å². The third-order valence-corrected chi connectivity index (χ3v) is 2.63. The maximum Gasteiger partial charge on any atom is 0.407 e. The number of primary amides is 2. The Balaban J connectivity index is 4.72. The molecule has 0 heterocycles. The van der Waals surface area contributed by atoms with E-state index in [1.807, 2.05) is 20.8 Å². The van der Waals surface area contributed by atoms with Gasteiger partial charge < -0.3 is 20.9 Å². The van der Waals surface area contributed by atoms with E-state index in [1.54, 1.807) is 0 Å². The maximum atomic E-state index is 10.6. The normalized spacial score (nSPS) is 11.2. The Bertz CT molecular complexity index is 222. The molecule has 0 spiro atoms. The molecule has 2 amide bonds. The first kappa shape index (κ1) is 13.5. The summed E-state index contributed by atoms with van der Waals surface area (Å²) in [4.78, 5) is 21.3. The molecule has 0 radical (unpaired) electrons. The summed E-state index contributed by atoms with van der Waals surface area (Å²) in [6.07, 6.45) is -1.70. The lowest BCUT2D eigenvalue weighted by molar-refractivity contribution is -0.133. The summed E-state index contributed by atoms with van der Waals surface area (Å²) in [6, 6.07) is 0. The van der Waals surface area contributed by atoms with Crippen LogP contribution in [0.15, 0.2) is 0 Å². The molecule has 0 atom stereocenters. The molecule has 6 nitrogen and oxygen atoms in total. The van der Waals surface area contributed by atoms with Crippen molar-refractivity contribution in [1.82, 2.24) is 0 Å². The number of nitrogens with two attached hydrogens (primary N) is 2. The fourth-order valence-electron chi connectivity index (χ4n) is 1.10. The first-order valence-corrected chi connectivity index (χ1v) is 4.78. The standard InChI is InChI=1S/C9H18N2O4/c1-4-9(3,5-2)6(14-7(10)12)15-8(11)13/h6H,4-5H2,1-3H3,(H2,10,12)(H2,11,13). The molecule has 0 bridgehead atoms. The molecule has 0 saturated heterocycles. The van der Waals surface area contributed by atoms with Gasteiger partial charge in [-0.15, -0.1) is 0 Å². The van der Waals surface area contributed by atoms with E-state index in [1.165, 1.54) is 0 Å². The number of hydrogen-bond donors (Lipinski definition) is 2. The van der Waals surface area contributed by atoms with Crippen molar-refractivity contribution in [3.8, 4) is 0 Å². The molecule has 0 aliphatic rings. The molecule has 0 rings (SSSR count). The minimum absolute atomic E-state index is 0.482. The third kappa shape index (κ3) is 4.05. The molecule has 6 heteroatoms. The molecule has 0 aromatic heterocycles. The van der Waals surface area contributed by atoms with Gasteiger partial charge in [-0.1, -0.05) is 20.8 Å². The molecule has 15 heavy (non-hydrogen) atoms. The topological polar surface area (TPSA) is 105 Å². The Labute approximate surface area is 88.9 Å². The summed E-state index contributed by atoms with van der Waals surface area (Å²) in [6.45, 7) is 5.61. The van der Waals surface area contributed by atoms with Gasteiger partial charge in [0.25, 0.3) is 6.29 Å². The van der Waals surface area contributed by atoms with E-state index >= 15 is 0 Å². The largest absolute Gasteiger partial charge is 0.408 e. The lowest BCUT2D eigenvalue weighted by Crippen LogP contribution is -2.41. The monoisotopic (exact) mass is 218 g/mol. The van der Waals surface area contributed by atoms with E-state index in [2.05, 4.69) is 0 Å². The average Bonchev–Trinajstić information content (AvgIpc) is 2.14. The van der Waals surface area contributed by atoms with Crippen molar-refractivity contribution >= 4 is 12.2 Å². The Hall–Kier alpha value is -1.46. The summed E-state index contributed by atoms with van der Waals surface area (Å²) >= 11 is 0. The summed E-state index contributed by atoms with van der Waals surface area (Å²) in [7, 11) is 0. The van der Waals surface area contributed by atoms with E-state index in [0.29, 0.717) is 12.8 Å². The predicted molar refractivity (Wildman–Crippen MR) is 53.8 cm³/mol. The molecular formula is C9H18N2O4. The van der Waals surface area contributed by atoms with Gasteiger partial charge in [-0.2, -0.15) is 0 Å². The SMILES string of the molecule is CCC(C)(CC)C(OC(N)=O)OC(N)=O. The van der Waals surface area contributed by atoms with E-state index < -0.39 is 23.9 Å². The molecule has 0 unspecified atom stereocenters. The van der Waals surface area contributed by atoms with E-state index in [0.717, 1.165) is 0 Å². The molecule has 0 fully saturated rings. The summed E-state index contributed by atoms with van der Waals surface area (Å²) < 4.78 is 9.45. The van der Waals surface area contributed by atoms with Crippen molar-refractivity contribution in [2.45, 2.75) is 39.9 Å². The van der Waals surface area contributed by atoms with Gasteiger partial charge in [-0.05, 0) is 12.8 Å². The highest BCUT2D eigenvalue weighted by molar-refractivity contribution is 5.67. The molecule has 0 aromatic carbocycles. The minimum atomic E-state index is -1.04. The number of ether oxygens (including phenoxy) is 2. The van der Waals surface area contributed by atoms with Crippen LogP contribution in [-0.2, 0) is 9.47 Å². The number of amides is 2. The molecular weight excluding hydrogens is 200 g/mol. The van der Waals surface area contributed by atoms with Gasteiger partial charge in [-0.25, -0.2) is 9.59 Å². The second-order valence-electron chi connectivity index (χ2n) is 3.57. The summed E-state index contributed by atoms with van der Waals surface area (Å²) in [5, 5.41) is 0. The fraction of sp³-hybridized carbons (Fsp3) is 0.778. The van der Waals surface area contributed by atoms with Crippen LogP contribution in [0.5, 0.6) is 0 Å². The molecule has 0 aliphatic carbocycles. The van der Waals surface area contributed by atoms with Gasteiger partial charge in [-0.3, -0.25) is 0 Å². The van der Waals surface area contributed by atoms with Gasteiger partial charge in [0.15, 0.2) is 0 Å². The van der Waals surface area contributed by atoms with Gasteiger partial charge in [0.05, 0.1) is 0 Å². The Kier molecular flexibility index (Phi) is 4.90. The maximum absolute atomic E-state index is 10.6. The highest BCUT2D eigenvalue weighted by Crippen LogP contribution is 2.32. The number of carbonyl (C=O) groups is 2. The number of rotatable bonds is 5. The van der Waals surface area contributed by atoms with Crippen LogP contribution in [0.25, 0.3) is 0 Å². The zero-order chi connectivity index (χ0) is 12.1. The van der Waals surface area contributed by atoms with Gasteiger partial charge in [0.1, 0.15) is 0 Å². The Morgan fingerprint density at radius 1 is 1.13 bits per heavy atom. The molecule has 0 aromatic rings. The highest BCUT2D eigenvalue weighted by Gasteiger charge is 2.36. The molecule has 0 saturated carbocycles. The van der Waals surface area contributed by atoms with Crippen LogP contribution >= 0.6 is 0 Å². The van der Waals surface area contributed by atoms with Crippen LogP contribution < -0.4 is 11.5 Å². The first-order chi connectivity index (χ1) is 6.85. The van der Waals surface area contributed by atoms with Crippen molar-refractivity contribution in [3.05, 3.63) is 0 Å². The second-order valence-corrected chi connectivity index (χ2v) is 3.57. The number of hydrogen-bond acceptors (Lipinski definition) is 4. The van der Waals surface area contributed by atoms with Crippen molar-refractivity contribution in [3.63, 3.8) is 0 Å². The van der Waals surface area contributed by atoms with Gasteiger partial charge >= 0.3 is 12.2 Å². The van der Waals surface area contributed by atoms with Crippen molar-refractivity contribution in [1.29, 1.82) is 0 Å². The summed E-state index contributed by atoms with van der Waals surface area (Å²) in [5.41, 5.74) is 9.28. The molecule has 88 valence electrons. The minimum Gasteiger partial charge on any atom is -0.408 e. The lowest BCUT2D eigenvalue weighted by atomic mass is 9.84. The smallest absolute Gasteiger partial charge is 0.407 e. The molecule has 0 aliphatic heterocycles. The van der Waals surface area contributed by atoms with Gasteiger partial charge in [0.2, 0.25) is 0 Å². The highest BCUT2D eigenvalue weighted by atomic mass is 16.7. The molecule has 4 N–H and O–H groups in total. The second kappa shape index (κ2) is 5.43. The van der Waals surface area contributed by atoms with Crippen molar-refractivity contribution in [2.75, 3.05) is 0 Å². The Morgan fingerprint density at radius 3 is 1.67 bits per heavy atom. The van der Waals surface area contributed by atoms with Crippen LogP contribution in [0.1, 0.15) is 33.6 Å². The summed E-state index contributed by atoms with van der Waals surface area (Å²) in [5.74, 6) is 0. The number of carbonyl (C=O) groups excluding carboxylic acids is 2. The van der Waals surface area contributed by atoms with Crippen LogP contribution in [0, 0.1) is 5.41 Å².